The molecule has 0 bridgehead atoms. The van der Waals surface area contributed by atoms with Gasteiger partial charge < -0.3 is 15.2 Å². The number of carbonyl (C=O) groups is 3. The fourth-order valence-electron chi connectivity index (χ4n) is 3.94. The molecule has 1 aromatic carbocycles. The highest BCUT2D eigenvalue weighted by atomic mass is 16.2. The van der Waals surface area contributed by atoms with Crippen molar-refractivity contribution in [2.45, 2.75) is 38.1 Å². The van der Waals surface area contributed by atoms with Gasteiger partial charge in [0, 0.05) is 36.6 Å². The molecule has 142 valence electrons. The Balaban J connectivity index is 1.43. The van der Waals surface area contributed by atoms with Crippen LogP contribution >= 0.6 is 0 Å². The number of imide groups is 1. The quantitative estimate of drug-likeness (QED) is 0.810. The lowest BCUT2D eigenvalue weighted by molar-refractivity contribution is -0.137. The molecular formula is C20H24N4O3. The second kappa shape index (κ2) is 7.42. The van der Waals surface area contributed by atoms with Crippen LogP contribution in [0.1, 0.15) is 31.2 Å². The van der Waals surface area contributed by atoms with E-state index < -0.39 is 12.1 Å². The lowest BCUT2D eigenvalue weighted by atomic mass is 10.1. The van der Waals surface area contributed by atoms with Crippen molar-refractivity contribution in [2.75, 3.05) is 19.6 Å². The maximum atomic E-state index is 12.7. The number of nitrogens with zero attached hydrogens (tertiary/aromatic N) is 2. The lowest BCUT2D eigenvalue weighted by Crippen LogP contribution is -2.43. The van der Waals surface area contributed by atoms with Gasteiger partial charge >= 0.3 is 6.03 Å². The van der Waals surface area contributed by atoms with Gasteiger partial charge in [-0.25, -0.2) is 4.79 Å². The number of carbonyl (C=O) groups excluding carboxylic acids is 3. The number of benzene rings is 1. The molecule has 2 saturated heterocycles. The van der Waals surface area contributed by atoms with Gasteiger partial charge in [0.1, 0.15) is 12.6 Å². The number of rotatable bonds is 4. The Morgan fingerprint density at radius 1 is 1.07 bits per heavy atom. The first-order chi connectivity index (χ1) is 13.1. The molecule has 0 unspecified atom stereocenters. The van der Waals surface area contributed by atoms with Crippen molar-refractivity contribution >= 4 is 28.7 Å². The molecule has 27 heavy (non-hydrogen) atoms. The Kier molecular flexibility index (Phi) is 4.83. The number of fused-ring (bicyclic) bond motifs is 1. The van der Waals surface area contributed by atoms with Gasteiger partial charge in [0.25, 0.3) is 5.91 Å². The fraction of sp³-hybridized carbons (Fsp3) is 0.450. The third-order valence-corrected chi connectivity index (χ3v) is 5.46. The van der Waals surface area contributed by atoms with Gasteiger partial charge in [-0.15, -0.1) is 0 Å². The Labute approximate surface area is 157 Å². The number of aromatic amines is 1. The zero-order chi connectivity index (χ0) is 18.8. The van der Waals surface area contributed by atoms with E-state index in [0.29, 0.717) is 19.5 Å². The van der Waals surface area contributed by atoms with Crippen LogP contribution in [0.25, 0.3) is 10.9 Å². The number of hydrogen-bond donors (Lipinski definition) is 2. The average molecular weight is 368 g/mol. The summed E-state index contributed by atoms with van der Waals surface area (Å²) in [6, 6.07) is 6.74. The topological polar surface area (TPSA) is 85.5 Å². The van der Waals surface area contributed by atoms with E-state index in [1.54, 1.807) is 4.90 Å². The minimum absolute atomic E-state index is 0.145. The smallest absolute Gasteiger partial charge is 0.325 e. The highest BCUT2D eigenvalue weighted by Gasteiger charge is 2.39. The number of hydrogen-bond acceptors (Lipinski definition) is 3. The Bertz CT molecular complexity index is 867. The summed E-state index contributed by atoms with van der Waals surface area (Å²) in [5.74, 6) is -0.471. The zero-order valence-corrected chi connectivity index (χ0v) is 15.2. The predicted molar refractivity (Wildman–Crippen MR) is 101 cm³/mol. The molecule has 1 aromatic heterocycles. The molecular weight excluding hydrogens is 344 g/mol. The van der Waals surface area contributed by atoms with Crippen LogP contribution in [0.15, 0.2) is 30.5 Å². The summed E-state index contributed by atoms with van der Waals surface area (Å²) in [6.07, 6.45) is 6.49. The van der Waals surface area contributed by atoms with E-state index in [1.165, 1.54) is 0 Å². The fourth-order valence-corrected chi connectivity index (χ4v) is 3.94. The molecule has 2 aromatic rings. The molecule has 2 fully saturated rings. The largest absolute Gasteiger partial charge is 0.361 e. The molecule has 0 radical (unpaired) electrons. The monoisotopic (exact) mass is 368 g/mol. The third-order valence-electron chi connectivity index (χ3n) is 5.46. The molecule has 4 rings (SSSR count). The highest BCUT2D eigenvalue weighted by Crippen LogP contribution is 2.21. The molecule has 0 saturated carbocycles. The van der Waals surface area contributed by atoms with Crippen LogP contribution in [0.2, 0.25) is 0 Å². The number of amides is 4. The van der Waals surface area contributed by atoms with Crippen molar-refractivity contribution in [3.8, 4) is 0 Å². The molecule has 0 aliphatic carbocycles. The summed E-state index contributed by atoms with van der Waals surface area (Å²) in [4.78, 5) is 43.6. The van der Waals surface area contributed by atoms with E-state index in [1.807, 2.05) is 30.5 Å². The second-order valence-electron chi connectivity index (χ2n) is 7.29. The van der Waals surface area contributed by atoms with Crippen molar-refractivity contribution in [1.29, 1.82) is 0 Å². The lowest BCUT2D eigenvalue weighted by Gasteiger charge is -2.22. The summed E-state index contributed by atoms with van der Waals surface area (Å²) in [5, 5.41) is 3.77. The molecule has 2 aliphatic heterocycles. The molecule has 2 N–H and O–H groups in total. The number of H-pyrrole nitrogens is 1. The third kappa shape index (κ3) is 3.54. The van der Waals surface area contributed by atoms with Crippen LogP contribution in [-0.2, 0) is 16.0 Å². The van der Waals surface area contributed by atoms with Gasteiger partial charge in [-0.2, -0.15) is 0 Å². The number of nitrogens with one attached hydrogen (secondary N) is 2. The van der Waals surface area contributed by atoms with Crippen molar-refractivity contribution in [2.24, 2.45) is 0 Å². The van der Waals surface area contributed by atoms with E-state index in [0.717, 1.165) is 47.0 Å². The van der Waals surface area contributed by atoms with Crippen LogP contribution < -0.4 is 5.32 Å². The van der Waals surface area contributed by atoms with Gasteiger partial charge in [-0.3, -0.25) is 14.5 Å². The molecule has 7 nitrogen and oxygen atoms in total. The first kappa shape index (κ1) is 17.6. The maximum Gasteiger partial charge on any atom is 0.325 e. The molecule has 1 atom stereocenters. The van der Waals surface area contributed by atoms with Gasteiger partial charge in [0.2, 0.25) is 5.91 Å². The highest BCUT2D eigenvalue weighted by molar-refractivity contribution is 6.06. The molecule has 0 spiro atoms. The minimum atomic E-state index is -0.631. The van der Waals surface area contributed by atoms with E-state index in [9.17, 15) is 14.4 Å². The minimum Gasteiger partial charge on any atom is -0.361 e. The average Bonchev–Trinajstić information content (AvgIpc) is 3.04. The first-order valence-corrected chi connectivity index (χ1v) is 9.58. The summed E-state index contributed by atoms with van der Waals surface area (Å²) >= 11 is 0. The Morgan fingerprint density at radius 2 is 1.81 bits per heavy atom. The van der Waals surface area contributed by atoms with Crippen LogP contribution in [0, 0.1) is 0 Å². The Hall–Kier alpha value is -2.83. The predicted octanol–water partition coefficient (Wildman–Crippen LogP) is 2.03. The summed E-state index contributed by atoms with van der Waals surface area (Å²) < 4.78 is 0. The zero-order valence-electron chi connectivity index (χ0n) is 15.2. The molecule has 3 heterocycles. The van der Waals surface area contributed by atoms with Gasteiger partial charge in [0.05, 0.1) is 0 Å². The second-order valence-corrected chi connectivity index (χ2v) is 7.29. The van der Waals surface area contributed by atoms with E-state index in [2.05, 4.69) is 10.3 Å². The Morgan fingerprint density at radius 3 is 2.59 bits per heavy atom. The van der Waals surface area contributed by atoms with Gasteiger partial charge in [-0.1, -0.05) is 31.0 Å². The van der Waals surface area contributed by atoms with Crippen molar-refractivity contribution in [1.82, 2.24) is 20.1 Å². The number of aromatic nitrogens is 1. The van der Waals surface area contributed by atoms with E-state index in [4.69, 9.17) is 0 Å². The number of urea groups is 1. The van der Waals surface area contributed by atoms with E-state index >= 15 is 0 Å². The molecule has 4 amide bonds. The summed E-state index contributed by atoms with van der Waals surface area (Å²) in [7, 11) is 0. The first-order valence-electron chi connectivity index (χ1n) is 9.58. The standard InChI is InChI=1S/C20H24N4O3/c25-18(23-9-5-1-2-6-10-23)13-24-19(26)17(22-20(24)27)11-14-12-21-16-8-4-3-7-15(14)16/h3-4,7-8,12,17,21H,1-2,5-6,9-11,13H2,(H,22,27)/t17-/m1/s1. The van der Waals surface area contributed by atoms with E-state index in [-0.39, 0.29) is 18.4 Å². The van der Waals surface area contributed by atoms with Crippen LogP contribution in [-0.4, -0.2) is 58.3 Å². The molecule has 7 heteroatoms. The van der Waals surface area contributed by atoms with Crippen molar-refractivity contribution in [3.05, 3.63) is 36.0 Å². The maximum absolute atomic E-state index is 12.7. The molecule has 2 aliphatic rings. The van der Waals surface area contributed by atoms with Crippen molar-refractivity contribution < 1.29 is 14.4 Å². The normalized spacial score (nSPS) is 20.8. The van der Waals surface area contributed by atoms with Gasteiger partial charge in [-0.05, 0) is 24.5 Å². The van der Waals surface area contributed by atoms with Crippen molar-refractivity contribution in [3.63, 3.8) is 0 Å². The van der Waals surface area contributed by atoms with Crippen LogP contribution in [0.4, 0.5) is 4.79 Å². The van der Waals surface area contributed by atoms with Crippen LogP contribution in [0.3, 0.4) is 0 Å². The number of likely N-dealkylation sites (tertiary alicyclic amines) is 1. The summed E-state index contributed by atoms with van der Waals surface area (Å²) in [6.45, 7) is 1.25. The van der Waals surface area contributed by atoms with Gasteiger partial charge in [0.15, 0.2) is 0 Å². The number of para-hydroxylation sites is 1. The van der Waals surface area contributed by atoms with Crippen LogP contribution in [0.5, 0.6) is 0 Å². The summed E-state index contributed by atoms with van der Waals surface area (Å²) in [5.41, 5.74) is 1.97. The SMILES string of the molecule is O=C(CN1C(=O)N[C@H](Cc2c[nH]c3ccccc23)C1=O)N1CCCCCC1.